The maximum Gasteiger partial charge on any atom is 0.220 e. The van der Waals surface area contributed by atoms with Crippen LogP contribution >= 0.6 is 0 Å². The van der Waals surface area contributed by atoms with Crippen LogP contribution < -0.4 is 10.6 Å². The molecule has 1 saturated heterocycles. The summed E-state index contributed by atoms with van der Waals surface area (Å²) in [5, 5.41) is 6.23. The zero-order valence-electron chi connectivity index (χ0n) is 11.7. The fourth-order valence-corrected chi connectivity index (χ4v) is 2.36. The van der Waals surface area contributed by atoms with Gasteiger partial charge in [-0.3, -0.25) is 4.79 Å². The average Bonchev–Trinajstić information content (AvgIpc) is 2.41. The minimum Gasteiger partial charge on any atom is -0.354 e. The Bertz CT molecular complexity index is 238. The van der Waals surface area contributed by atoms with Crippen molar-refractivity contribution in [2.45, 2.75) is 32.5 Å². The van der Waals surface area contributed by atoms with Crippen LogP contribution in [0.3, 0.4) is 0 Å². The Balaban J connectivity index is 2.21. The van der Waals surface area contributed by atoms with Gasteiger partial charge >= 0.3 is 0 Å². The van der Waals surface area contributed by atoms with Crippen LogP contribution in [0.2, 0.25) is 0 Å². The van der Waals surface area contributed by atoms with Crippen LogP contribution in [-0.2, 0) is 14.3 Å². The van der Waals surface area contributed by atoms with E-state index in [0.29, 0.717) is 24.8 Å². The molecule has 2 unspecified atom stereocenters. The molecule has 1 heterocycles. The quantitative estimate of drug-likeness (QED) is 0.662. The van der Waals surface area contributed by atoms with Crippen molar-refractivity contribution in [2.75, 3.05) is 33.9 Å². The number of carbonyl (C=O) groups excluding carboxylic acids is 1. The van der Waals surface area contributed by atoms with Gasteiger partial charge in [0.1, 0.15) is 0 Å². The van der Waals surface area contributed by atoms with Crippen LogP contribution in [0.25, 0.3) is 0 Å². The average molecular weight is 258 g/mol. The van der Waals surface area contributed by atoms with Gasteiger partial charge in [0.15, 0.2) is 6.29 Å². The number of methoxy groups -OCH3 is 2. The van der Waals surface area contributed by atoms with E-state index in [2.05, 4.69) is 17.6 Å². The van der Waals surface area contributed by atoms with Gasteiger partial charge in [-0.1, -0.05) is 6.92 Å². The van der Waals surface area contributed by atoms with E-state index in [9.17, 15) is 4.79 Å². The number of ether oxygens (including phenoxy) is 2. The minimum atomic E-state index is -0.361. The molecular formula is C13H26N2O3. The molecule has 18 heavy (non-hydrogen) atoms. The zero-order chi connectivity index (χ0) is 13.4. The van der Waals surface area contributed by atoms with Crippen molar-refractivity contribution in [3.63, 3.8) is 0 Å². The van der Waals surface area contributed by atoms with Crippen LogP contribution in [0, 0.1) is 11.8 Å². The van der Waals surface area contributed by atoms with Gasteiger partial charge in [-0.05, 0) is 37.8 Å². The van der Waals surface area contributed by atoms with Crippen molar-refractivity contribution in [3.05, 3.63) is 0 Å². The number of hydrogen-bond donors (Lipinski definition) is 2. The monoisotopic (exact) mass is 258 g/mol. The van der Waals surface area contributed by atoms with Crippen LogP contribution in [0.15, 0.2) is 0 Å². The molecule has 0 aromatic heterocycles. The van der Waals surface area contributed by atoms with E-state index < -0.39 is 0 Å². The third-order valence-electron chi connectivity index (χ3n) is 3.64. The van der Waals surface area contributed by atoms with Crippen LogP contribution in [0.5, 0.6) is 0 Å². The van der Waals surface area contributed by atoms with Gasteiger partial charge in [0.25, 0.3) is 0 Å². The highest BCUT2D eigenvalue weighted by atomic mass is 16.7. The molecule has 1 fully saturated rings. The van der Waals surface area contributed by atoms with Crippen molar-refractivity contribution in [3.8, 4) is 0 Å². The predicted octanol–water partition coefficient (Wildman–Crippen LogP) is 0.747. The Kier molecular flexibility index (Phi) is 7.23. The first-order valence-corrected chi connectivity index (χ1v) is 6.70. The van der Waals surface area contributed by atoms with Gasteiger partial charge in [-0.25, -0.2) is 0 Å². The molecule has 1 rings (SSSR count). The fourth-order valence-electron chi connectivity index (χ4n) is 2.36. The number of amides is 1. The molecule has 5 nitrogen and oxygen atoms in total. The Morgan fingerprint density at radius 1 is 1.44 bits per heavy atom. The SMILES string of the molecule is COC(CNC(=O)CC(C)C1CCCNC1)OC. The minimum absolute atomic E-state index is 0.0761. The molecule has 0 aliphatic carbocycles. The van der Waals surface area contributed by atoms with Crippen LogP contribution in [-0.4, -0.2) is 46.1 Å². The molecule has 2 atom stereocenters. The lowest BCUT2D eigenvalue weighted by Crippen LogP contribution is -2.38. The highest BCUT2D eigenvalue weighted by molar-refractivity contribution is 5.76. The number of hydrogen-bond acceptors (Lipinski definition) is 4. The van der Waals surface area contributed by atoms with E-state index >= 15 is 0 Å². The molecule has 1 aliphatic heterocycles. The largest absolute Gasteiger partial charge is 0.354 e. The lowest BCUT2D eigenvalue weighted by molar-refractivity contribution is -0.128. The molecule has 1 amide bonds. The third kappa shape index (κ3) is 5.33. The molecule has 106 valence electrons. The van der Waals surface area contributed by atoms with Gasteiger partial charge < -0.3 is 20.1 Å². The van der Waals surface area contributed by atoms with Gasteiger partial charge in [0.2, 0.25) is 5.91 Å². The summed E-state index contributed by atoms with van der Waals surface area (Å²) in [5.74, 6) is 1.11. The highest BCUT2D eigenvalue weighted by Crippen LogP contribution is 2.22. The van der Waals surface area contributed by atoms with Crippen LogP contribution in [0.1, 0.15) is 26.2 Å². The van der Waals surface area contributed by atoms with E-state index in [1.54, 1.807) is 14.2 Å². The molecule has 0 saturated carbocycles. The summed E-state index contributed by atoms with van der Waals surface area (Å²) < 4.78 is 10.0. The lowest BCUT2D eigenvalue weighted by Gasteiger charge is -2.28. The lowest BCUT2D eigenvalue weighted by atomic mass is 9.85. The normalized spacial score (nSPS) is 21.9. The first-order chi connectivity index (χ1) is 8.67. The zero-order valence-corrected chi connectivity index (χ0v) is 11.7. The number of piperidine rings is 1. The molecule has 0 aromatic carbocycles. The van der Waals surface area contributed by atoms with Crippen LogP contribution in [0.4, 0.5) is 0 Å². The molecule has 0 spiro atoms. The molecule has 5 heteroatoms. The molecule has 2 N–H and O–H groups in total. The first-order valence-electron chi connectivity index (χ1n) is 6.70. The second-order valence-corrected chi connectivity index (χ2v) is 4.99. The molecule has 0 radical (unpaired) electrons. The van der Waals surface area contributed by atoms with E-state index in [-0.39, 0.29) is 12.2 Å². The van der Waals surface area contributed by atoms with E-state index in [1.807, 2.05) is 0 Å². The molecular weight excluding hydrogens is 232 g/mol. The van der Waals surface area contributed by atoms with E-state index in [4.69, 9.17) is 9.47 Å². The summed E-state index contributed by atoms with van der Waals surface area (Å²) in [6.45, 7) is 4.70. The Morgan fingerprint density at radius 3 is 2.72 bits per heavy atom. The van der Waals surface area contributed by atoms with E-state index in [1.165, 1.54) is 12.8 Å². The molecule has 0 bridgehead atoms. The first kappa shape index (κ1) is 15.4. The second-order valence-electron chi connectivity index (χ2n) is 4.99. The summed E-state index contributed by atoms with van der Waals surface area (Å²) in [6, 6.07) is 0. The van der Waals surface area contributed by atoms with Gasteiger partial charge in [-0.2, -0.15) is 0 Å². The number of carbonyl (C=O) groups is 1. The summed E-state index contributed by atoms with van der Waals surface area (Å²) in [7, 11) is 3.13. The second kappa shape index (κ2) is 8.45. The van der Waals surface area contributed by atoms with Gasteiger partial charge in [-0.15, -0.1) is 0 Å². The molecule has 0 aromatic rings. The van der Waals surface area contributed by atoms with Gasteiger partial charge in [0, 0.05) is 20.6 Å². The Hall–Kier alpha value is -0.650. The molecule has 1 aliphatic rings. The summed E-state index contributed by atoms with van der Waals surface area (Å²) >= 11 is 0. The summed E-state index contributed by atoms with van der Waals surface area (Å²) in [5.41, 5.74) is 0. The number of nitrogens with one attached hydrogen (secondary N) is 2. The van der Waals surface area contributed by atoms with Crippen molar-refractivity contribution in [1.29, 1.82) is 0 Å². The van der Waals surface area contributed by atoms with Crippen molar-refractivity contribution in [2.24, 2.45) is 11.8 Å². The number of rotatable bonds is 7. The Labute approximate surface area is 110 Å². The third-order valence-corrected chi connectivity index (χ3v) is 3.64. The van der Waals surface area contributed by atoms with E-state index in [0.717, 1.165) is 13.1 Å². The maximum atomic E-state index is 11.8. The summed E-state index contributed by atoms with van der Waals surface area (Å²) in [6.07, 6.45) is 2.65. The van der Waals surface area contributed by atoms with Crippen molar-refractivity contribution < 1.29 is 14.3 Å². The fraction of sp³-hybridized carbons (Fsp3) is 0.923. The van der Waals surface area contributed by atoms with Crippen molar-refractivity contribution >= 4 is 5.91 Å². The van der Waals surface area contributed by atoms with Crippen molar-refractivity contribution in [1.82, 2.24) is 10.6 Å². The Morgan fingerprint density at radius 2 is 2.17 bits per heavy atom. The highest BCUT2D eigenvalue weighted by Gasteiger charge is 2.22. The topological polar surface area (TPSA) is 59.6 Å². The summed E-state index contributed by atoms with van der Waals surface area (Å²) in [4.78, 5) is 11.8. The van der Waals surface area contributed by atoms with Gasteiger partial charge in [0.05, 0.1) is 6.54 Å². The standard InChI is InChI=1S/C13H26N2O3/c1-10(11-5-4-6-14-8-11)7-12(16)15-9-13(17-2)18-3/h10-11,13-14H,4-9H2,1-3H3,(H,15,16). The predicted molar refractivity (Wildman–Crippen MR) is 70.2 cm³/mol. The smallest absolute Gasteiger partial charge is 0.220 e. The maximum absolute atomic E-state index is 11.8.